The number of esters is 3. The van der Waals surface area contributed by atoms with E-state index in [4.69, 9.17) is 14.2 Å². The molecule has 1 unspecified atom stereocenters. The van der Waals surface area contributed by atoms with Crippen molar-refractivity contribution in [1.29, 1.82) is 0 Å². The van der Waals surface area contributed by atoms with Crippen LogP contribution in [0, 0.1) is 0 Å². The summed E-state index contributed by atoms with van der Waals surface area (Å²) >= 11 is 0. The van der Waals surface area contributed by atoms with E-state index in [1.807, 2.05) is 60.8 Å². The van der Waals surface area contributed by atoms with Crippen molar-refractivity contribution in [2.75, 3.05) is 13.2 Å². The third kappa shape index (κ3) is 55.1. The lowest BCUT2D eigenvalue weighted by molar-refractivity contribution is -0.167. The lowest BCUT2D eigenvalue weighted by atomic mass is 10.0. The first-order valence-corrected chi connectivity index (χ1v) is 28.8. The van der Waals surface area contributed by atoms with Crippen LogP contribution in [0.25, 0.3) is 0 Å². The molecule has 0 saturated heterocycles. The average Bonchev–Trinajstić information content (AvgIpc) is 3.35. The van der Waals surface area contributed by atoms with Gasteiger partial charge in [0, 0.05) is 19.3 Å². The molecular weight excluding hydrogens is 853 g/mol. The Morgan fingerprint density at radius 1 is 0.304 bits per heavy atom. The molecule has 0 amide bonds. The first-order chi connectivity index (χ1) is 34.0. The predicted molar refractivity (Wildman–Crippen MR) is 297 cm³/mol. The Labute approximate surface area is 426 Å². The first-order valence-electron chi connectivity index (χ1n) is 28.8. The second-order valence-corrected chi connectivity index (χ2v) is 19.0. The van der Waals surface area contributed by atoms with Crippen molar-refractivity contribution < 1.29 is 28.6 Å². The van der Waals surface area contributed by atoms with Gasteiger partial charge in [-0.15, -0.1) is 0 Å². The molecule has 0 fully saturated rings. The molecule has 1 atom stereocenters. The Morgan fingerprint density at radius 2 is 0.565 bits per heavy atom. The van der Waals surface area contributed by atoms with E-state index in [1.54, 1.807) is 0 Å². The predicted octanol–water partition coefficient (Wildman–Crippen LogP) is 19.3. The summed E-state index contributed by atoms with van der Waals surface area (Å²) in [4.78, 5) is 38.2. The number of rotatable bonds is 51. The van der Waals surface area contributed by atoms with Crippen molar-refractivity contribution in [3.63, 3.8) is 0 Å². The standard InChI is InChI=1S/C63H106O6/c1-4-7-10-13-16-19-22-25-28-30-31-33-35-38-41-44-47-50-53-56-62(65)68-59-60(58-67-61(64)55-52-49-46-43-40-37-34-27-24-21-18-15-12-9-6-3)69-63(66)57-54-51-48-45-42-39-36-32-29-26-23-20-17-14-11-8-5-2/h8,11,14,16-17,19-20,22-23,25-26,29,32,36,39,42,60H,4-7,9-10,12-13,15,18,21,24,27-28,30-31,33-35,37-38,40-41,43-59H2,1-3H3/b11-8-,17-14-,19-16-,23-20-,25-22-,29-26-,36-32+,42-39-. The lowest BCUT2D eigenvalue weighted by Crippen LogP contribution is -2.30. The fourth-order valence-corrected chi connectivity index (χ4v) is 7.94. The van der Waals surface area contributed by atoms with Crippen LogP contribution in [0.4, 0.5) is 0 Å². The minimum absolute atomic E-state index is 0.0953. The maximum absolute atomic E-state index is 12.8. The molecule has 0 heterocycles. The van der Waals surface area contributed by atoms with E-state index < -0.39 is 6.10 Å². The van der Waals surface area contributed by atoms with Crippen LogP contribution in [0.5, 0.6) is 0 Å². The van der Waals surface area contributed by atoms with Gasteiger partial charge in [-0.3, -0.25) is 14.4 Å². The van der Waals surface area contributed by atoms with Gasteiger partial charge in [-0.05, 0) is 64.2 Å². The van der Waals surface area contributed by atoms with Gasteiger partial charge in [-0.1, -0.05) is 279 Å². The average molecular weight is 960 g/mol. The first kappa shape index (κ1) is 65.3. The number of hydrogen-bond acceptors (Lipinski definition) is 6. The maximum atomic E-state index is 12.8. The normalized spacial score (nSPS) is 12.8. The maximum Gasteiger partial charge on any atom is 0.306 e. The second-order valence-electron chi connectivity index (χ2n) is 19.0. The molecule has 6 nitrogen and oxygen atoms in total. The summed E-state index contributed by atoms with van der Waals surface area (Å²) in [7, 11) is 0. The third-order valence-corrected chi connectivity index (χ3v) is 12.3. The number of unbranched alkanes of at least 4 members (excludes halogenated alkanes) is 30. The van der Waals surface area contributed by atoms with Crippen molar-refractivity contribution in [3.05, 3.63) is 97.2 Å². The molecule has 0 aliphatic rings. The van der Waals surface area contributed by atoms with Crippen LogP contribution in [-0.4, -0.2) is 37.2 Å². The van der Waals surface area contributed by atoms with Crippen molar-refractivity contribution in [3.8, 4) is 0 Å². The molecule has 0 aromatic heterocycles. The molecule has 0 radical (unpaired) electrons. The van der Waals surface area contributed by atoms with Gasteiger partial charge in [0.15, 0.2) is 6.10 Å². The Bertz CT molecular complexity index is 1380. The van der Waals surface area contributed by atoms with Crippen LogP contribution in [0.1, 0.15) is 265 Å². The zero-order valence-electron chi connectivity index (χ0n) is 45.0. The SMILES string of the molecule is CC\C=C/C=C\C=C/C=C\C=C\C=C/CCCCCC(=O)OC(COC(=O)CCCCCCCCCCCC/C=C\C=C/CCCCC)COC(=O)CCCCCCCCCCCCCCCCC. The van der Waals surface area contributed by atoms with E-state index >= 15 is 0 Å². The highest BCUT2D eigenvalue weighted by Crippen LogP contribution is 2.16. The van der Waals surface area contributed by atoms with Crippen LogP contribution in [0.2, 0.25) is 0 Å². The van der Waals surface area contributed by atoms with E-state index in [2.05, 4.69) is 57.2 Å². The summed E-state index contributed by atoms with van der Waals surface area (Å²) in [6, 6.07) is 0. The van der Waals surface area contributed by atoms with Crippen LogP contribution < -0.4 is 0 Å². The third-order valence-electron chi connectivity index (χ3n) is 12.3. The molecule has 0 aromatic carbocycles. The van der Waals surface area contributed by atoms with Crippen LogP contribution in [0.3, 0.4) is 0 Å². The van der Waals surface area contributed by atoms with Crippen molar-refractivity contribution in [1.82, 2.24) is 0 Å². The summed E-state index contributed by atoms with van der Waals surface area (Å²) < 4.78 is 16.8. The Hall–Kier alpha value is -3.67. The van der Waals surface area contributed by atoms with Crippen molar-refractivity contribution in [2.24, 2.45) is 0 Å². The number of allylic oxidation sites excluding steroid dienone is 16. The summed E-state index contributed by atoms with van der Waals surface area (Å²) in [5.74, 6) is -0.937. The monoisotopic (exact) mass is 959 g/mol. The Morgan fingerprint density at radius 3 is 0.942 bits per heavy atom. The molecule has 0 aromatic rings. The van der Waals surface area contributed by atoms with Gasteiger partial charge < -0.3 is 14.2 Å². The highest BCUT2D eigenvalue weighted by Gasteiger charge is 2.19. The van der Waals surface area contributed by atoms with Crippen LogP contribution >= 0.6 is 0 Å². The number of hydrogen-bond donors (Lipinski definition) is 0. The highest BCUT2D eigenvalue weighted by molar-refractivity contribution is 5.71. The molecule has 0 rings (SSSR count). The Balaban J connectivity index is 4.46. The molecule has 0 saturated carbocycles. The molecule has 0 bridgehead atoms. The van der Waals surface area contributed by atoms with E-state index in [0.717, 1.165) is 64.2 Å². The highest BCUT2D eigenvalue weighted by atomic mass is 16.6. The number of ether oxygens (including phenoxy) is 3. The van der Waals surface area contributed by atoms with Gasteiger partial charge in [0.25, 0.3) is 0 Å². The number of carbonyl (C=O) groups excluding carboxylic acids is 3. The quantitative estimate of drug-likeness (QED) is 0.0262. The van der Waals surface area contributed by atoms with Gasteiger partial charge in [0.05, 0.1) is 0 Å². The molecule has 0 spiro atoms. The van der Waals surface area contributed by atoms with Crippen molar-refractivity contribution in [2.45, 2.75) is 271 Å². The minimum atomic E-state index is -0.802. The fraction of sp³-hybridized carbons (Fsp3) is 0.698. The summed E-state index contributed by atoms with van der Waals surface area (Å²) in [5.41, 5.74) is 0. The van der Waals surface area contributed by atoms with Crippen LogP contribution in [0.15, 0.2) is 97.2 Å². The summed E-state index contributed by atoms with van der Waals surface area (Å²) in [6.45, 7) is 6.44. The lowest BCUT2D eigenvalue weighted by Gasteiger charge is -2.18. The van der Waals surface area contributed by atoms with Crippen LogP contribution in [-0.2, 0) is 28.6 Å². The fourth-order valence-electron chi connectivity index (χ4n) is 7.94. The Kier molecular flexibility index (Phi) is 53.9. The zero-order chi connectivity index (χ0) is 50.0. The summed E-state index contributed by atoms with van der Waals surface area (Å²) in [5, 5.41) is 0. The molecular formula is C63H106O6. The van der Waals surface area contributed by atoms with E-state index in [9.17, 15) is 14.4 Å². The van der Waals surface area contributed by atoms with Gasteiger partial charge in [0.1, 0.15) is 13.2 Å². The zero-order valence-corrected chi connectivity index (χ0v) is 45.0. The summed E-state index contributed by atoms with van der Waals surface area (Å²) in [6.07, 6.45) is 75.3. The van der Waals surface area contributed by atoms with Crippen molar-refractivity contribution >= 4 is 17.9 Å². The van der Waals surface area contributed by atoms with Gasteiger partial charge in [0.2, 0.25) is 0 Å². The van der Waals surface area contributed by atoms with E-state index in [0.29, 0.717) is 19.3 Å². The molecule has 69 heavy (non-hydrogen) atoms. The van der Waals surface area contributed by atoms with Gasteiger partial charge in [-0.25, -0.2) is 0 Å². The molecule has 6 heteroatoms. The smallest absolute Gasteiger partial charge is 0.306 e. The molecule has 394 valence electrons. The molecule has 0 aliphatic heterocycles. The molecule has 0 N–H and O–H groups in total. The minimum Gasteiger partial charge on any atom is -0.462 e. The second kappa shape index (κ2) is 56.9. The molecule has 0 aliphatic carbocycles. The van der Waals surface area contributed by atoms with Gasteiger partial charge in [-0.2, -0.15) is 0 Å². The van der Waals surface area contributed by atoms with E-state index in [-0.39, 0.29) is 37.5 Å². The van der Waals surface area contributed by atoms with E-state index in [1.165, 1.54) is 154 Å². The van der Waals surface area contributed by atoms with Gasteiger partial charge >= 0.3 is 17.9 Å². The largest absolute Gasteiger partial charge is 0.462 e. The number of carbonyl (C=O) groups is 3. The topological polar surface area (TPSA) is 78.9 Å².